The number of Topliss-reactive ketones (excluding diaryl/α,β-unsaturated/α-hetero) is 1. The van der Waals surface area contributed by atoms with Gasteiger partial charge < -0.3 is 26.0 Å². The second-order valence-electron chi connectivity index (χ2n) is 12.2. The zero-order chi connectivity index (χ0) is 30.7. The molecule has 43 heavy (non-hydrogen) atoms. The molecule has 3 heterocycles. The lowest BCUT2D eigenvalue weighted by molar-refractivity contribution is -0.122. The van der Waals surface area contributed by atoms with Gasteiger partial charge in [-0.15, -0.1) is 0 Å². The number of hydrogen-bond donors (Lipinski definition) is 4. The standard InChI is InChI=1S/C34H41N5O4/c1-21(2)38-30-17-25(13-14-36-30)24-11-12-28-29(16-24)39(4)33(42)22(3)27(31(28)40)10-6-8-23-7-5-9-26(15-23)32(41)37-20-34(43)18-35-19-34/h5,7,9,11-17,21-22,27,35,43H,6,8,10,18-20H2,1-4H3,(H,36,38)(H,37,41)/t22-,27?/m0/s1. The van der Waals surface area contributed by atoms with E-state index in [2.05, 4.69) is 34.8 Å². The molecule has 9 nitrogen and oxygen atoms in total. The molecule has 2 atom stereocenters. The lowest BCUT2D eigenvalue weighted by Crippen LogP contribution is -2.64. The molecule has 0 saturated carbocycles. The van der Waals surface area contributed by atoms with Crippen LogP contribution < -0.4 is 20.9 Å². The van der Waals surface area contributed by atoms with Crippen LogP contribution in [-0.2, 0) is 11.2 Å². The van der Waals surface area contributed by atoms with Crippen LogP contribution in [0.1, 0.15) is 59.9 Å². The fraction of sp³-hybridized carbons (Fsp3) is 0.412. The molecule has 1 aromatic heterocycles. The predicted molar refractivity (Wildman–Crippen MR) is 168 cm³/mol. The molecule has 0 aliphatic carbocycles. The van der Waals surface area contributed by atoms with Crippen molar-refractivity contribution in [3.05, 3.63) is 77.5 Å². The van der Waals surface area contributed by atoms with Gasteiger partial charge in [0.1, 0.15) is 11.4 Å². The average Bonchev–Trinajstić information content (AvgIpc) is 3.04. The molecule has 1 fully saturated rings. The number of aliphatic hydroxyl groups is 1. The topological polar surface area (TPSA) is 124 Å². The van der Waals surface area contributed by atoms with Crippen molar-refractivity contribution in [3.63, 3.8) is 0 Å². The summed E-state index contributed by atoms with van der Waals surface area (Å²) in [6, 6.07) is 17.3. The van der Waals surface area contributed by atoms with Crippen molar-refractivity contribution >= 4 is 29.1 Å². The summed E-state index contributed by atoms with van der Waals surface area (Å²) in [6.45, 7) is 7.10. The third-order valence-electron chi connectivity index (χ3n) is 8.47. The van der Waals surface area contributed by atoms with Crippen LogP contribution >= 0.6 is 0 Å². The van der Waals surface area contributed by atoms with Crippen LogP contribution in [0.4, 0.5) is 11.5 Å². The molecule has 1 unspecified atom stereocenters. The summed E-state index contributed by atoms with van der Waals surface area (Å²) < 4.78 is 0. The lowest BCUT2D eigenvalue weighted by atomic mass is 9.83. The molecule has 0 spiro atoms. The monoisotopic (exact) mass is 583 g/mol. The van der Waals surface area contributed by atoms with E-state index in [9.17, 15) is 19.5 Å². The summed E-state index contributed by atoms with van der Waals surface area (Å²) in [5.41, 5.74) is 3.69. The molecule has 4 N–H and O–H groups in total. The first-order valence-corrected chi connectivity index (χ1v) is 15.0. The van der Waals surface area contributed by atoms with Crippen LogP contribution in [-0.4, -0.2) is 66.0 Å². The Hall–Kier alpha value is -4.08. The summed E-state index contributed by atoms with van der Waals surface area (Å²) in [5, 5.41) is 19.4. The number of rotatable bonds is 10. The summed E-state index contributed by atoms with van der Waals surface area (Å²) in [7, 11) is 1.74. The van der Waals surface area contributed by atoms with Crippen LogP contribution in [0.3, 0.4) is 0 Å². The number of ketones is 1. The molecule has 9 heteroatoms. The predicted octanol–water partition coefficient (Wildman–Crippen LogP) is 4.07. The minimum absolute atomic E-state index is 0.0137. The number of pyridine rings is 1. The molecule has 5 rings (SSSR count). The zero-order valence-corrected chi connectivity index (χ0v) is 25.3. The molecule has 1 saturated heterocycles. The Kier molecular flexibility index (Phi) is 8.94. The smallest absolute Gasteiger partial charge is 0.251 e. The van der Waals surface area contributed by atoms with Crippen molar-refractivity contribution in [2.45, 2.75) is 51.7 Å². The normalized spacial score (nSPS) is 19.4. The minimum Gasteiger partial charge on any atom is -0.385 e. The van der Waals surface area contributed by atoms with Gasteiger partial charge in [0.2, 0.25) is 5.91 Å². The van der Waals surface area contributed by atoms with E-state index in [0.29, 0.717) is 49.2 Å². The minimum atomic E-state index is -0.881. The van der Waals surface area contributed by atoms with E-state index in [1.165, 1.54) is 0 Å². The molecule has 0 radical (unpaired) electrons. The number of aryl methyl sites for hydroxylation is 1. The second-order valence-corrected chi connectivity index (χ2v) is 12.2. The highest BCUT2D eigenvalue weighted by Gasteiger charge is 2.38. The van der Waals surface area contributed by atoms with E-state index in [1.807, 2.05) is 55.5 Å². The third kappa shape index (κ3) is 6.78. The summed E-state index contributed by atoms with van der Waals surface area (Å²) in [5.74, 6) is -0.437. The highest BCUT2D eigenvalue weighted by atomic mass is 16.3. The van der Waals surface area contributed by atoms with Gasteiger partial charge in [0.15, 0.2) is 5.78 Å². The fourth-order valence-electron chi connectivity index (χ4n) is 5.87. The maximum atomic E-state index is 13.9. The van der Waals surface area contributed by atoms with E-state index >= 15 is 0 Å². The van der Waals surface area contributed by atoms with Crippen molar-refractivity contribution < 1.29 is 19.5 Å². The Labute approximate surface area is 253 Å². The van der Waals surface area contributed by atoms with Crippen molar-refractivity contribution in [2.75, 3.05) is 36.9 Å². The third-order valence-corrected chi connectivity index (χ3v) is 8.47. The number of nitrogens with one attached hydrogen (secondary N) is 3. The van der Waals surface area contributed by atoms with Crippen molar-refractivity contribution in [2.24, 2.45) is 11.8 Å². The number of β-amino-alcohol motifs (C(OH)–C–C–N with tert-alkyl or cyclic N) is 1. The Morgan fingerprint density at radius 3 is 2.60 bits per heavy atom. The maximum absolute atomic E-state index is 13.9. The van der Waals surface area contributed by atoms with Gasteiger partial charge in [-0.1, -0.05) is 25.1 Å². The first-order chi connectivity index (χ1) is 20.5. The molecule has 2 amide bonds. The quantitative estimate of drug-likeness (QED) is 0.284. The largest absolute Gasteiger partial charge is 0.385 e. The van der Waals surface area contributed by atoms with E-state index in [1.54, 1.807) is 24.2 Å². The SMILES string of the molecule is CC(C)Nc1cc(-c2ccc3c(c2)N(C)C(=O)[C@@H](C)C(CCCc2cccc(C(=O)NCC4(O)CNC4)c2)C3=O)ccn1. The van der Waals surface area contributed by atoms with Crippen LogP contribution in [0.15, 0.2) is 60.8 Å². The number of anilines is 2. The molecular formula is C34H41N5O4. The summed E-state index contributed by atoms with van der Waals surface area (Å²) in [6.07, 6.45) is 3.69. The van der Waals surface area contributed by atoms with Crippen molar-refractivity contribution in [3.8, 4) is 11.1 Å². The number of carbonyl (C=O) groups is 3. The van der Waals surface area contributed by atoms with Crippen molar-refractivity contribution in [1.82, 2.24) is 15.6 Å². The highest BCUT2D eigenvalue weighted by molar-refractivity contribution is 6.12. The first-order valence-electron chi connectivity index (χ1n) is 15.0. The second kappa shape index (κ2) is 12.7. The van der Waals surface area contributed by atoms with Gasteiger partial charge in [-0.25, -0.2) is 4.98 Å². The number of carbonyl (C=O) groups excluding carboxylic acids is 3. The molecule has 226 valence electrons. The van der Waals surface area contributed by atoms with E-state index < -0.39 is 17.4 Å². The molecule has 2 aliphatic rings. The first kappa shape index (κ1) is 30.4. The van der Waals surface area contributed by atoms with Crippen LogP contribution in [0, 0.1) is 11.8 Å². The Balaban J connectivity index is 1.28. The molecule has 3 aromatic rings. The van der Waals surface area contributed by atoms with Gasteiger partial charge in [-0.05, 0) is 86.2 Å². The van der Waals surface area contributed by atoms with Gasteiger partial charge >= 0.3 is 0 Å². The van der Waals surface area contributed by atoms with Gasteiger partial charge in [-0.2, -0.15) is 0 Å². The van der Waals surface area contributed by atoms with Crippen LogP contribution in [0.2, 0.25) is 0 Å². The van der Waals surface area contributed by atoms with Gasteiger partial charge in [0.25, 0.3) is 5.91 Å². The number of amides is 2. The number of benzene rings is 2. The number of aromatic nitrogens is 1. The van der Waals surface area contributed by atoms with E-state index in [4.69, 9.17) is 0 Å². The molecule has 2 aliphatic heterocycles. The highest BCUT2D eigenvalue weighted by Crippen LogP contribution is 2.37. The zero-order valence-electron chi connectivity index (χ0n) is 25.3. The average molecular weight is 584 g/mol. The van der Waals surface area contributed by atoms with Gasteiger partial charge in [-0.3, -0.25) is 14.4 Å². The maximum Gasteiger partial charge on any atom is 0.251 e. The molecule has 2 aromatic carbocycles. The van der Waals surface area contributed by atoms with E-state index in [-0.39, 0.29) is 30.2 Å². The Morgan fingerprint density at radius 1 is 1.12 bits per heavy atom. The molecule has 0 bridgehead atoms. The van der Waals surface area contributed by atoms with E-state index in [0.717, 1.165) is 22.5 Å². The number of hydrogen-bond acceptors (Lipinski definition) is 7. The molecular weight excluding hydrogens is 542 g/mol. The summed E-state index contributed by atoms with van der Waals surface area (Å²) in [4.78, 5) is 46.0. The Bertz CT molecular complexity index is 1520. The fourth-order valence-corrected chi connectivity index (χ4v) is 5.87. The number of nitrogens with zero attached hydrogens (tertiary/aromatic N) is 2. The van der Waals surface area contributed by atoms with Crippen molar-refractivity contribution in [1.29, 1.82) is 0 Å². The van der Waals surface area contributed by atoms with Crippen LogP contribution in [0.5, 0.6) is 0 Å². The van der Waals surface area contributed by atoms with Gasteiger partial charge in [0, 0.05) is 61.9 Å². The van der Waals surface area contributed by atoms with Gasteiger partial charge in [0.05, 0.1) is 5.69 Å². The number of fused-ring (bicyclic) bond motifs is 1. The Morgan fingerprint density at radius 2 is 1.88 bits per heavy atom. The summed E-state index contributed by atoms with van der Waals surface area (Å²) >= 11 is 0. The lowest BCUT2D eigenvalue weighted by Gasteiger charge is -2.37. The van der Waals surface area contributed by atoms with Crippen LogP contribution in [0.25, 0.3) is 11.1 Å².